The molecule has 114 valence electrons. The van der Waals surface area contributed by atoms with Gasteiger partial charge in [-0.1, -0.05) is 12.8 Å². The van der Waals surface area contributed by atoms with Crippen molar-refractivity contribution in [3.05, 3.63) is 18.2 Å². The highest BCUT2D eigenvalue weighted by Gasteiger charge is 2.15. The highest BCUT2D eigenvalue weighted by molar-refractivity contribution is 5.92. The molecule has 1 aromatic rings. The minimum Gasteiger partial charge on any atom is -0.486 e. The van der Waals surface area contributed by atoms with Crippen molar-refractivity contribution >= 4 is 11.6 Å². The van der Waals surface area contributed by atoms with Gasteiger partial charge in [0.1, 0.15) is 13.2 Å². The van der Waals surface area contributed by atoms with Crippen molar-refractivity contribution in [3.8, 4) is 11.5 Å². The van der Waals surface area contributed by atoms with Crippen LogP contribution in [-0.2, 0) is 4.79 Å². The molecule has 0 atom stereocenters. The van der Waals surface area contributed by atoms with E-state index in [9.17, 15) is 4.79 Å². The van der Waals surface area contributed by atoms with Gasteiger partial charge in [0.2, 0.25) is 5.91 Å². The Morgan fingerprint density at radius 2 is 1.90 bits per heavy atom. The first-order valence-electron chi connectivity index (χ1n) is 7.71. The molecule has 21 heavy (non-hydrogen) atoms. The number of rotatable bonds is 5. The summed E-state index contributed by atoms with van der Waals surface area (Å²) < 4.78 is 11.0. The molecule has 1 aliphatic carbocycles. The van der Waals surface area contributed by atoms with Gasteiger partial charge >= 0.3 is 0 Å². The summed E-state index contributed by atoms with van der Waals surface area (Å²) in [6.07, 6.45) is 5.24. The summed E-state index contributed by atoms with van der Waals surface area (Å²) in [4.78, 5) is 11.9. The van der Waals surface area contributed by atoms with E-state index in [1.807, 2.05) is 18.2 Å². The molecule has 5 nitrogen and oxygen atoms in total. The van der Waals surface area contributed by atoms with Gasteiger partial charge in [-0.15, -0.1) is 0 Å². The van der Waals surface area contributed by atoms with Crippen molar-refractivity contribution in [2.24, 2.45) is 5.92 Å². The van der Waals surface area contributed by atoms with Crippen molar-refractivity contribution in [1.82, 2.24) is 5.32 Å². The average molecular weight is 290 g/mol. The second kappa shape index (κ2) is 6.80. The zero-order valence-corrected chi connectivity index (χ0v) is 12.2. The number of anilines is 1. The van der Waals surface area contributed by atoms with Crippen molar-refractivity contribution in [2.75, 3.05) is 31.6 Å². The molecule has 1 aromatic carbocycles. The third-order valence-electron chi connectivity index (χ3n) is 4.02. The molecule has 3 rings (SSSR count). The lowest BCUT2D eigenvalue weighted by atomic mass is 10.1. The van der Waals surface area contributed by atoms with Gasteiger partial charge < -0.3 is 20.1 Å². The smallest absolute Gasteiger partial charge is 0.238 e. The van der Waals surface area contributed by atoms with Crippen molar-refractivity contribution in [1.29, 1.82) is 0 Å². The Hall–Kier alpha value is -1.75. The van der Waals surface area contributed by atoms with E-state index in [0.717, 1.165) is 23.9 Å². The number of carbonyl (C=O) groups is 1. The summed E-state index contributed by atoms with van der Waals surface area (Å²) in [6.45, 7) is 2.41. The highest BCUT2D eigenvalue weighted by atomic mass is 16.6. The first-order chi connectivity index (χ1) is 10.3. The maximum absolute atomic E-state index is 11.9. The van der Waals surface area contributed by atoms with Crippen LogP contribution in [-0.4, -0.2) is 32.2 Å². The van der Waals surface area contributed by atoms with Crippen LogP contribution in [0.3, 0.4) is 0 Å². The molecule has 0 unspecified atom stereocenters. The highest BCUT2D eigenvalue weighted by Crippen LogP contribution is 2.32. The van der Waals surface area contributed by atoms with Crippen molar-refractivity contribution < 1.29 is 14.3 Å². The van der Waals surface area contributed by atoms with E-state index in [4.69, 9.17) is 9.47 Å². The van der Waals surface area contributed by atoms with Gasteiger partial charge in [-0.25, -0.2) is 0 Å². The molecule has 1 amide bonds. The van der Waals surface area contributed by atoms with Crippen LogP contribution >= 0.6 is 0 Å². The maximum atomic E-state index is 11.9. The zero-order valence-electron chi connectivity index (χ0n) is 12.2. The number of hydrogen-bond donors (Lipinski definition) is 2. The van der Waals surface area contributed by atoms with Gasteiger partial charge in [-0.05, 0) is 37.4 Å². The van der Waals surface area contributed by atoms with Crippen LogP contribution in [0.1, 0.15) is 25.7 Å². The van der Waals surface area contributed by atoms with E-state index in [0.29, 0.717) is 25.5 Å². The first-order valence-corrected chi connectivity index (χ1v) is 7.71. The van der Waals surface area contributed by atoms with E-state index in [2.05, 4.69) is 10.6 Å². The lowest BCUT2D eigenvalue weighted by Crippen LogP contribution is -2.31. The molecule has 0 aromatic heterocycles. The number of nitrogens with one attached hydrogen (secondary N) is 2. The van der Waals surface area contributed by atoms with E-state index in [1.165, 1.54) is 25.7 Å². The predicted molar refractivity (Wildman–Crippen MR) is 80.9 cm³/mol. The molecular weight excluding hydrogens is 268 g/mol. The van der Waals surface area contributed by atoms with Gasteiger partial charge in [0.15, 0.2) is 11.5 Å². The van der Waals surface area contributed by atoms with Gasteiger partial charge in [0.05, 0.1) is 6.54 Å². The normalized spacial score (nSPS) is 17.7. The fourth-order valence-corrected chi connectivity index (χ4v) is 2.93. The molecule has 1 saturated carbocycles. The maximum Gasteiger partial charge on any atom is 0.238 e. The number of carbonyl (C=O) groups excluding carboxylic acids is 1. The fourth-order valence-electron chi connectivity index (χ4n) is 2.93. The van der Waals surface area contributed by atoms with E-state index in [-0.39, 0.29) is 5.91 Å². The number of ether oxygens (including phenoxy) is 2. The lowest BCUT2D eigenvalue weighted by Gasteiger charge is -2.19. The SMILES string of the molecule is O=C(CNCC1CCCC1)Nc1ccc2c(c1)OCCO2. The van der Waals surface area contributed by atoms with Crippen molar-refractivity contribution in [2.45, 2.75) is 25.7 Å². The monoisotopic (exact) mass is 290 g/mol. The average Bonchev–Trinajstić information content (AvgIpc) is 3.00. The van der Waals surface area contributed by atoms with Crippen LogP contribution in [0.5, 0.6) is 11.5 Å². The largest absolute Gasteiger partial charge is 0.486 e. The summed E-state index contributed by atoms with van der Waals surface area (Å²) >= 11 is 0. The number of hydrogen-bond acceptors (Lipinski definition) is 4. The van der Waals surface area contributed by atoms with Crippen LogP contribution in [0, 0.1) is 5.92 Å². The Bertz CT molecular complexity index is 498. The fraction of sp³-hybridized carbons (Fsp3) is 0.562. The Balaban J connectivity index is 1.45. The summed E-state index contributed by atoms with van der Waals surface area (Å²) in [5.74, 6) is 2.15. The molecule has 0 saturated heterocycles. The number of amides is 1. The topological polar surface area (TPSA) is 59.6 Å². The molecule has 2 N–H and O–H groups in total. The molecule has 1 fully saturated rings. The summed E-state index contributed by atoms with van der Waals surface area (Å²) in [5, 5.41) is 6.12. The van der Waals surface area contributed by atoms with Crippen LogP contribution in [0.4, 0.5) is 5.69 Å². The van der Waals surface area contributed by atoms with Crippen LogP contribution in [0.15, 0.2) is 18.2 Å². The minimum absolute atomic E-state index is 0.0234. The molecule has 0 radical (unpaired) electrons. The second-order valence-electron chi connectivity index (χ2n) is 5.69. The van der Waals surface area contributed by atoms with Crippen LogP contribution in [0.2, 0.25) is 0 Å². The van der Waals surface area contributed by atoms with Crippen LogP contribution < -0.4 is 20.1 Å². The van der Waals surface area contributed by atoms with E-state index >= 15 is 0 Å². The van der Waals surface area contributed by atoms with Gasteiger partial charge in [0.25, 0.3) is 0 Å². The quantitative estimate of drug-likeness (QED) is 0.872. The molecule has 0 spiro atoms. The van der Waals surface area contributed by atoms with Gasteiger partial charge in [0, 0.05) is 11.8 Å². The summed E-state index contributed by atoms with van der Waals surface area (Å²) in [6, 6.07) is 5.47. The van der Waals surface area contributed by atoms with E-state index < -0.39 is 0 Å². The van der Waals surface area contributed by atoms with Crippen molar-refractivity contribution in [3.63, 3.8) is 0 Å². The molecular formula is C16H22N2O3. The van der Waals surface area contributed by atoms with Gasteiger partial charge in [-0.3, -0.25) is 4.79 Å². The third kappa shape index (κ3) is 3.88. The van der Waals surface area contributed by atoms with E-state index in [1.54, 1.807) is 0 Å². The second-order valence-corrected chi connectivity index (χ2v) is 5.69. The first kappa shape index (κ1) is 14.2. The molecule has 5 heteroatoms. The Labute approximate surface area is 125 Å². The predicted octanol–water partition coefficient (Wildman–Crippen LogP) is 2.18. The summed E-state index contributed by atoms with van der Waals surface area (Å²) in [7, 11) is 0. The molecule has 2 aliphatic rings. The Morgan fingerprint density at radius 3 is 2.71 bits per heavy atom. The number of benzene rings is 1. The summed E-state index contributed by atoms with van der Waals surface area (Å²) in [5.41, 5.74) is 0.743. The molecule has 1 heterocycles. The minimum atomic E-state index is -0.0234. The Morgan fingerprint density at radius 1 is 1.14 bits per heavy atom. The standard InChI is InChI=1S/C16H22N2O3/c19-16(11-17-10-12-3-1-2-4-12)18-13-5-6-14-15(9-13)21-8-7-20-14/h5-6,9,12,17H,1-4,7-8,10-11H2,(H,18,19). The third-order valence-corrected chi connectivity index (χ3v) is 4.02. The molecule has 0 bridgehead atoms. The lowest BCUT2D eigenvalue weighted by molar-refractivity contribution is -0.115. The Kier molecular flexibility index (Phi) is 4.60. The zero-order chi connectivity index (χ0) is 14.5. The number of fused-ring (bicyclic) bond motifs is 1. The molecule has 1 aliphatic heterocycles. The van der Waals surface area contributed by atoms with Crippen LogP contribution in [0.25, 0.3) is 0 Å². The van der Waals surface area contributed by atoms with Gasteiger partial charge in [-0.2, -0.15) is 0 Å².